The molecule has 10 heteroatoms. The first-order valence-electron chi connectivity index (χ1n) is 11.5. The SMILES string of the molecule is CCN(c1ccc(Cl)cc1CNCc1ccco1)S(=O)(=O)c1ccc2oc(CCOC=O)c(C)c2c1. The lowest BCUT2D eigenvalue weighted by Crippen LogP contribution is -2.32. The molecule has 0 saturated carbocycles. The Morgan fingerprint density at radius 1 is 1.14 bits per heavy atom. The van der Waals surface area contributed by atoms with E-state index in [0.717, 1.165) is 16.9 Å². The Balaban J connectivity index is 1.64. The van der Waals surface area contributed by atoms with Crippen LogP contribution < -0.4 is 9.62 Å². The van der Waals surface area contributed by atoms with Crippen molar-refractivity contribution in [1.82, 2.24) is 5.32 Å². The highest BCUT2D eigenvalue weighted by Gasteiger charge is 2.27. The van der Waals surface area contributed by atoms with E-state index in [2.05, 4.69) is 5.32 Å². The van der Waals surface area contributed by atoms with Crippen LogP contribution in [-0.4, -0.2) is 28.0 Å². The van der Waals surface area contributed by atoms with E-state index in [-0.39, 0.29) is 18.0 Å². The number of carbonyl (C=O) groups is 1. The van der Waals surface area contributed by atoms with E-state index in [9.17, 15) is 13.2 Å². The van der Waals surface area contributed by atoms with E-state index in [1.165, 1.54) is 4.31 Å². The molecule has 0 aliphatic heterocycles. The zero-order valence-corrected chi connectivity index (χ0v) is 21.6. The molecule has 0 atom stereocenters. The van der Waals surface area contributed by atoms with Gasteiger partial charge in [0.1, 0.15) is 17.1 Å². The minimum Gasteiger partial charge on any atom is -0.468 e. The molecule has 0 radical (unpaired) electrons. The predicted octanol–water partition coefficient (Wildman–Crippen LogP) is 5.21. The van der Waals surface area contributed by atoms with E-state index >= 15 is 0 Å². The maximum absolute atomic E-state index is 13.8. The van der Waals surface area contributed by atoms with Crippen molar-refractivity contribution >= 4 is 44.8 Å². The molecule has 4 rings (SSSR count). The van der Waals surface area contributed by atoms with Gasteiger partial charge in [0, 0.05) is 29.9 Å². The summed E-state index contributed by atoms with van der Waals surface area (Å²) in [7, 11) is -3.90. The highest BCUT2D eigenvalue weighted by Crippen LogP contribution is 2.33. The number of halogens is 1. The van der Waals surface area contributed by atoms with E-state index < -0.39 is 10.0 Å². The molecule has 0 unspecified atom stereocenters. The lowest BCUT2D eigenvalue weighted by Gasteiger charge is -2.26. The van der Waals surface area contributed by atoms with Crippen LogP contribution in [0.5, 0.6) is 0 Å². The van der Waals surface area contributed by atoms with Gasteiger partial charge >= 0.3 is 0 Å². The fraction of sp³-hybridized carbons (Fsp3) is 0.269. The zero-order chi connectivity index (χ0) is 25.7. The summed E-state index contributed by atoms with van der Waals surface area (Å²) in [5.74, 6) is 1.43. The van der Waals surface area contributed by atoms with Crippen LogP contribution in [0, 0.1) is 6.92 Å². The Bertz CT molecular complexity index is 1450. The Morgan fingerprint density at radius 2 is 1.97 bits per heavy atom. The standard InChI is InChI=1S/C26H27ClN2O6S/c1-3-29(24-8-6-20(27)13-19(24)15-28-16-21-5-4-11-34-21)36(31,32)22-7-9-26-23(14-22)18(2)25(35-26)10-12-33-17-30/h4-9,11,13-14,17,28H,3,10,12,15-16H2,1-2H3. The second kappa shape index (κ2) is 11.2. The van der Waals surface area contributed by atoms with Gasteiger partial charge in [0.25, 0.3) is 16.5 Å². The van der Waals surface area contributed by atoms with Crippen molar-refractivity contribution in [1.29, 1.82) is 0 Å². The molecule has 1 N–H and O–H groups in total. The number of anilines is 1. The monoisotopic (exact) mass is 530 g/mol. The van der Waals surface area contributed by atoms with E-state index in [4.69, 9.17) is 25.2 Å². The van der Waals surface area contributed by atoms with E-state index in [0.29, 0.717) is 53.4 Å². The van der Waals surface area contributed by atoms with Gasteiger partial charge in [-0.05, 0) is 73.5 Å². The molecule has 2 aromatic carbocycles. The van der Waals surface area contributed by atoms with Crippen molar-refractivity contribution in [3.8, 4) is 0 Å². The number of sulfonamides is 1. The molecular weight excluding hydrogens is 504 g/mol. The first-order chi connectivity index (χ1) is 17.3. The topological polar surface area (TPSA) is 102 Å². The van der Waals surface area contributed by atoms with Gasteiger partial charge in [0.2, 0.25) is 0 Å². The van der Waals surface area contributed by atoms with Crippen molar-refractivity contribution in [3.05, 3.63) is 82.5 Å². The van der Waals surface area contributed by atoms with Gasteiger partial charge in [-0.25, -0.2) is 8.42 Å². The van der Waals surface area contributed by atoms with Crippen LogP contribution in [0.15, 0.2) is 68.5 Å². The average molecular weight is 531 g/mol. The second-order valence-corrected chi connectivity index (χ2v) is 10.4. The van der Waals surface area contributed by atoms with Gasteiger partial charge in [0.15, 0.2) is 0 Å². The number of hydrogen-bond donors (Lipinski definition) is 1. The maximum atomic E-state index is 13.8. The number of rotatable bonds is 12. The third kappa shape index (κ3) is 5.43. The van der Waals surface area contributed by atoms with Crippen molar-refractivity contribution in [2.75, 3.05) is 17.5 Å². The van der Waals surface area contributed by atoms with Gasteiger partial charge in [-0.2, -0.15) is 0 Å². The highest BCUT2D eigenvalue weighted by atomic mass is 35.5. The van der Waals surface area contributed by atoms with Crippen LogP contribution in [0.1, 0.15) is 29.6 Å². The fourth-order valence-electron chi connectivity index (χ4n) is 4.12. The van der Waals surface area contributed by atoms with Crippen LogP contribution in [0.2, 0.25) is 5.02 Å². The molecule has 0 bridgehead atoms. The smallest absolute Gasteiger partial charge is 0.293 e. The third-order valence-corrected chi connectivity index (χ3v) is 8.02. The third-order valence-electron chi connectivity index (χ3n) is 5.90. The summed E-state index contributed by atoms with van der Waals surface area (Å²) < 4.78 is 45.0. The van der Waals surface area contributed by atoms with E-state index in [1.54, 1.807) is 49.6 Å². The summed E-state index contributed by atoms with van der Waals surface area (Å²) in [5.41, 5.74) is 2.68. The Hall–Kier alpha value is -3.27. The fourth-order valence-corrected chi connectivity index (χ4v) is 5.85. The Labute approximate surface area is 214 Å². The lowest BCUT2D eigenvalue weighted by atomic mass is 10.1. The van der Waals surface area contributed by atoms with Crippen molar-refractivity contribution < 1.29 is 26.8 Å². The van der Waals surface area contributed by atoms with Gasteiger partial charge in [-0.1, -0.05) is 11.6 Å². The molecule has 4 aromatic rings. The maximum Gasteiger partial charge on any atom is 0.293 e. The van der Waals surface area contributed by atoms with Gasteiger partial charge in [-0.3, -0.25) is 9.10 Å². The molecular formula is C26H27ClN2O6S. The minimum absolute atomic E-state index is 0.154. The molecule has 2 aromatic heterocycles. The molecule has 190 valence electrons. The zero-order valence-electron chi connectivity index (χ0n) is 20.0. The average Bonchev–Trinajstić information content (AvgIpc) is 3.49. The Morgan fingerprint density at radius 3 is 2.69 bits per heavy atom. The number of fused-ring (bicyclic) bond motifs is 1. The summed E-state index contributed by atoms with van der Waals surface area (Å²) in [6, 6.07) is 13.7. The molecule has 0 aliphatic rings. The van der Waals surface area contributed by atoms with Crippen molar-refractivity contribution in [3.63, 3.8) is 0 Å². The summed E-state index contributed by atoms with van der Waals surface area (Å²) in [5, 5.41) is 4.49. The highest BCUT2D eigenvalue weighted by molar-refractivity contribution is 7.92. The first-order valence-corrected chi connectivity index (χ1v) is 13.3. The van der Waals surface area contributed by atoms with Crippen LogP contribution >= 0.6 is 11.6 Å². The lowest BCUT2D eigenvalue weighted by molar-refractivity contribution is -0.128. The quantitative estimate of drug-likeness (QED) is 0.198. The largest absolute Gasteiger partial charge is 0.468 e. The molecule has 0 saturated heterocycles. The van der Waals surface area contributed by atoms with Crippen LogP contribution in [0.4, 0.5) is 5.69 Å². The van der Waals surface area contributed by atoms with Crippen LogP contribution in [-0.2, 0) is 39.1 Å². The minimum atomic E-state index is -3.90. The molecule has 0 fully saturated rings. The molecule has 8 nitrogen and oxygen atoms in total. The van der Waals surface area contributed by atoms with Crippen molar-refractivity contribution in [2.24, 2.45) is 0 Å². The molecule has 0 amide bonds. The second-order valence-electron chi connectivity index (χ2n) is 8.15. The predicted molar refractivity (Wildman–Crippen MR) is 138 cm³/mol. The number of hydrogen-bond acceptors (Lipinski definition) is 7. The number of ether oxygens (including phenoxy) is 1. The number of nitrogens with zero attached hydrogens (tertiary/aromatic N) is 1. The van der Waals surface area contributed by atoms with Crippen molar-refractivity contribution in [2.45, 2.75) is 38.3 Å². The van der Waals surface area contributed by atoms with E-state index in [1.807, 2.05) is 19.1 Å². The summed E-state index contributed by atoms with van der Waals surface area (Å²) in [6.45, 7) is 5.35. The van der Waals surface area contributed by atoms with Gasteiger partial charge in [0.05, 0.1) is 30.0 Å². The van der Waals surface area contributed by atoms with Crippen LogP contribution in [0.3, 0.4) is 0 Å². The summed E-state index contributed by atoms with van der Waals surface area (Å²) in [6.07, 6.45) is 2.01. The first kappa shape index (κ1) is 25.8. The van der Waals surface area contributed by atoms with Gasteiger partial charge in [-0.15, -0.1) is 0 Å². The summed E-state index contributed by atoms with van der Waals surface area (Å²) in [4.78, 5) is 10.6. The van der Waals surface area contributed by atoms with Crippen LogP contribution in [0.25, 0.3) is 11.0 Å². The molecule has 2 heterocycles. The molecule has 0 aliphatic carbocycles. The summed E-state index contributed by atoms with van der Waals surface area (Å²) >= 11 is 6.25. The number of nitrogens with one attached hydrogen (secondary N) is 1. The number of carbonyl (C=O) groups excluding carboxylic acids is 1. The Kier molecular flexibility index (Phi) is 8.03. The number of benzene rings is 2. The number of furan rings is 2. The normalized spacial score (nSPS) is 11.6. The molecule has 36 heavy (non-hydrogen) atoms. The number of aryl methyl sites for hydroxylation is 1. The van der Waals surface area contributed by atoms with Gasteiger partial charge < -0.3 is 18.9 Å². The molecule has 0 spiro atoms.